The number of hydrogen-bond acceptors (Lipinski definition) is 1. The molecule has 0 unspecified atom stereocenters. The van der Waals surface area contributed by atoms with Crippen molar-refractivity contribution in [2.45, 2.75) is 32.9 Å². The largest absolute Gasteiger partial charge is 0.345 e. The third-order valence-electron chi connectivity index (χ3n) is 4.61. The summed E-state index contributed by atoms with van der Waals surface area (Å²) in [5.41, 5.74) is 2.69. The Morgan fingerprint density at radius 2 is 1.89 bits per heavy atom. The number of para-hydroxylation sites is 1. The fraction of sp³-hybridized carbons (Fsp3) is 0.261. The second-order valence-corrected chi connectivity index (χ2v) is 6.83. The third kappa shape index (κ3) is 5.46. The predicted molar refractivity (Wildman–Crippen MR) is 111 cm³/mol. The van der Waals surface area contributed by atoms with Crippen LogP contribution in [-0.4, -0.2) is 22.0 Å². The number of benzene rings is 2. The van der Waals surface area contributed by atoms with E-state index in [1.807, 2.05) is 59.6 Å². The maximum atomic E-state index is 13.5. The minimum Gasteiger partial charge on any atom is -0.345 e. The van der Waals surface area contributed by atoms with E-state index in [1.54, 1.807) is 12.1 Å². The lowest BCUT2D eigenvalue weighted by Gasteiger charge is -2.24. The van der Waals surface area contributed by atoms with Gasteiger partial charge < -0.3 is 14.8 Å². The zero-order valence-electron chi connectivity index (χ0n) is 16.1. The Hall–Kier alpha value is -3.08. The van der Waals surface area contributed by atoms with Crippen molar-refractivity contribution in [2.24, 2.45) is 0 Å². The van der Waals surface area contributed by atoms with E-state index in [-0.39, 0.29) is 11.8 Å². The number of amides is 2. The van der Waals surface area contributed by atoms with Gasteiger partial charge in [-0.15, -0.1) is 0 Å². The second-order valence-electron chi connectivity index (χ2n) is 6.83. The van der Waals surface area contributed by atoms with Gasteiger partial charge in [0.15, 0.2) is 0 Å². The molecular formula is C23H26FN3O. The molecule has 0 bridgehead atoms. The van der Waals surface area contributed by atoms with Gasteiger partial charge in [-0.25, -0.2) is 9.18 Å². The number of anilines is 1. The van der Waals surface area contributed by atoms with Crippen LogP contribution in [0.25, 0.3) is 0 Å². The smallest absolute Gasteiger partial charge is 0.322 e. The molecule has 28 heavy (non-hydrogen) atoms. The topological polar surface area (TPSA) is 37.3 Å². The lowest BCUT2D eigenvalue weighted by Crippen LogP contribution is -2.35. The number of unbranched alkanes of at least 4 members (excludes halogenated alkanes) is 1. The van der Waals surface area contributed by atoms with Gasteiger partial charge >= 0.3 is 6.03 Å². The summed E-state index contributed by atoms with van der Waals surface area (Å²) in [5.74, 6) is -0.238. The molecule has 0 aliphatic heterocycles. The standard InChI is InChI=1S/C23H26FN3O/c1-2-3-14-27(23(28)25-21-11-5-4-6-12-21)18-22-13-8-15-26(22)17-19-9-7-10-20(24)16-19/h4-13,15-16H,2-3,14,17-18H2,1H3,(H,25,28). The summed E-state index contributed by atoms with van der Waals surface area (Å²) in [4.78, 5) is 14.6. The van der Waals surface area contributed by atoms with Crippen LogP contribution in [0.15, 0.2) is 72.9 Å². The van der Waals surface area contributed by atoms with E-state index in [4.69, 9.17) is 0 Å². The maximum Gasteiger partial charge on any atom is 0.322 e. The molecule has 1 aromatic heterocycles. The van der Waals surface area contributed by atoms with Crippen molar-refractivity contribution in [3.05, 3.63) is 90.0 Å². The molecule has 5 heteroatoms. The molecule has 2 aromatic carbocycles. The first kappa shape index (κ1) is 19.7. The first-order chi connectivity index (χ1) is 13.7. The van der Waals surface area contributed by atoms with Crippen LogP contribution in [0.3, 0.4) is 0 Å². The number of nitrogens with one attached hydrogen (secondary N) is 1. The molecule has 0 fully saturated rings. The first-order valence-corrected chi connectivity index (χ1v) is 9.65. The summed E-state index contributed by atoms with van der Waals surface area (Å²) in [6.45, 7) is 3.86. The lowest BCUT2D eigenvalue weighted by molar-refractivity contribution is 0.207. The van der Waals surface area contributed by atoms with Crippen molar-refractivity contribution in [2.75, 3.05) is 11.9 Å². The molecule has 146 valence electrons. The first-order valence-electron chi connectivity index (χ1n) is 9.65. The number of nitrogens with zero attached hydrogens (tertiary/aromatic N) is 2. The van der Waals surface area contributed by atoms with Crippen molar-refractivity contribution in [3.63, 3.8) is 0 Å². The minimum atomic E-state index is -0.238. The molecular weight excluding hydrogens is 353 g/mol. The zero-order valence-corrected chi connectivity index (χ0v) is 16.1. The van der Waals surface area contributed by atoms with Gasteiger partial charge in [0.25, 0.3) is 0 Å². The van der Waals surface area contributed by atoms with Crippen LogP contribution < -0.4 is 5.32 Å². The highest BCUT2D eigenvalue weighted by molar-refractivity contribution is 5.89. The van der Waals surface area contributed by atoms with Crippen LogP contribution in [0, 0.1) is 5.82 Å². The highest BCUT2D eigenvalue weighted by Crippen LogP contribution is 2.14. The highest BCUT2D eigenvalue weighted by Gasteiger charge is 2.15. The van der Waals surface area contributed by atoms with Gasteiger partial charge in [0.1, 0.15) is 5.82 Å². The number of aromatic nitrogens is 1. The Morgan fingerprint density at radius 3 is 2.64 bits per heavy atom. The van der Waals surface area contributed by atoms with E-state index in [9.17, 15) is 9.18 Å². The van der Waals surface area contributed by atoms with Crippen LogP contribution >= 0.6 is 0 Å². The molecule has 2 amide bonds. The summed E-state index contributed by atoms with van der Waals surface area (Å²) in [6.07, 6.45) is 3.92. The average molecular weight is 379 g/mol. The Balaban J connectivity index is 1.72. The Kier molecular flexibility index (Phi) is 6.84. The SMILES string of the molecule is CCCCN(Cc1cccn1Cc1cccc(F)c1)C(=O)Nc1ccccc1. The van der Waals surface area contributed by atoms with Gasteiger partial charge in [0.2, 0.25) is 0 Å². The summed E-state index contributed by atoms with van der Waals surface area (Å²) in [7, 11) is 0. The molecule has 0 saturated carbocycles. The van der Waals surface area contributed by atoms with Crippen LogP contribution in [0.2, 0.25) is 0 Å². The quantitative estimate of drug-likeness (QED) is 0.550. The van der Waals surface area contributed by atoms with Gasteiger partial charge in [0.05, 0.1) is 6.54 Å². The molecule has 0 saturated heterocycles. The van der Waals surface area contributed by atoms with Gasteiger partial charge in [-0.05, 0) is 48.4 Å². The number of carbonyl (C=O) groups is 1. The maximum absolute atomic E-state index is 13.5. The molecule has 0 aliphatic rings. The monoisotopic (exact) mass is 379 g/mol. The molecule has 1 heterocycles. The second kappa shape index (κ2) is 9.74. The fourth-order valence-corrected chi connectivity index (χ4v) is 3.10. The summed E-state index contributed by atoms with van der Waals surface area (Å²) in [6, 6.07) is 19.9. The normalized spacial score (nSPS) is 10.6. The zero-order chi connectivity index (χ0) is 19.8. The van der Waals surface area contributed by atoms with E-state index >= 15 is 0 Å². The minimum absolute atomic E-state index is 0.113. The summed E-state index contributed by atoms with van der Waals surface area (Å²) in [5, 5.41) is 2.97. The van der Waals surface area contributed by atoms with Crippen LogP contribution in [0.4, 0.5) is 14.9 Å². The number of halogens is 1. The van der Waals surface area contributed by atoms with E-state index in [0.717, 1.165) is 29.8 Å². The molecule has 3 rings (SSSR count). The van der Waals surface area contributed by atoms with Gasteiger partial charge in [-0.3, -0.25) is 0 Å². The van der Waals surface area contributed by atoms with E-state index in [0.29, 0.717) is 19.6 Å². The number of carbonyl (C=O) groups excluding carboxylic acids is 1. The van der Waals surface area contributed by atoms with Crippen molar-refractivity contribution in [1.29, 1.82) is 0 Å². The van der Waals surface area contributed by atoms with Crippen molar-refractivity contribution < 1.29 is 9.18 Å². The van der Waals surface area contributed by atoms with Crippen LogP contribution in [-0.2, 0) is 13.1 Å². The lowest BCUT2D eigenvalue weighted by atomic mass is 10.2. The third-order valence-corrected chi connectivity index (χ3v) is 4.61. The van der Waals surface area contributed by atoms with E-state index in [2.05, 4.69) is 16.8 Å². The molecule has 0 spiro atoms. The molecule has 0 aliphatic carbocycles. The predicted octanol–water partition coefficient (Wildman–Crippen LogP) is 5.51. The number of hydrogen-bond donors (Lipinski definition) is 1. The molecule has 0 radical (unpaired) electrons. The molecule has 4 nitrogen and oxygen atoms in total. The molecule has 3 aromatic rings. The Bertz CT molecular complexity index is 892. The van der Waals surface area contributed by atoms with Crippen LogP contribution in [0.5, 0.6) is 0 Å². The average Bonchev–Trinajstić information content (AvgIpc) is 3.12. The fourth-order valence-electron chi connectivity index (χ4n) is 3.10. The number of rotatable bonds is 8. The van der Waals surface area contributed by atoms with Crippen molar-refractivity contribution >= 4 is 11.7 Å². The van der Waals surface area contributed by atoms with Gasteiger partial charge in [-0.2, -0.15) is 0 Å². The summed E-state index contributed by atoms with van der Waals surface area (Å²) >= 11 is 0. The van der Waals surface area contributed by atoms with Crippen molar-refractivity contribution in [1.82, 2.24) is 9.47 Å². The van der Waals surface area contributed by atoms with Gasteiger partial charge in [0, 0.05) is 30.7 Å². The van der Waals surface area contributed by atoms with E-state index < -0.39 is 0 Å². The van der Waals surface area contributed by atoms with Gasteiger partial charge in [-0.1, -0.05) is 43.7 Å². The number of urea groups is 1. The molecule has 0 atom stereocenters. The Morgan fingerprint density at radius 1 is 1.07 bits per heavy atom. The Labute approximate surface area is 165 Å². The van der Waals surface area contributed by atoms with Crippen molar-refractivity contribution in [3.8, 4) is 0 Å². The molecule has 1 N–H and O–H groups in total. The van der Waals surface area contributed by atoms with E-state index in [1.165, 1.54) is 6.07 Å². The van der Waals surface area contributed by atoms with Crippen LogP contribution in [0.1, 0.15) is 31.0 Å². The highest BCUT2D eigenvalue weighted by atomic mass is 19.1. The summed E-state index contributed by atoms with van der Waals surface area (Å²) < 4.78 is 15.5.